The number of rotatable bonds is 14. The van der Waals surface area contributed by atoms with E-state index in [0.717, 1.165) is 12.1 Å². The van der Waals surface area contributed by atoms with Gasteiger partial charge in [0.15, 0.2) is 0 Å². The van der Waals surface area contributed by atoms with Crippen molar-refractivity contribution in [2.45, 2.75) is 62.7 Å². The molecule has 2 aromatic rings. The van der Waals surface area contributed by atoms with E-state index in [1.807, 2.05) is 0 Å². The van der Waals surface area contributed by atoms with Gasteiger partial charge in [0, 0.05) is 12.6 Å². The fraction of sp³-hybridized carbons (Fsp3) is 0.385. The summed E-state index contributed by atoms with van der Waals surface area (Å²) in [5, 5.41) is 5.39. The van der Waals surface area contributed by atoms with Crippen LogP contribution in [0.4, 0.5) is 35.1 Å². The van der Waals surface area contributed by atoms with Gasteiger partial charge in [0.1, 0.15) is 17.6 Å². The highest BCUT2D eigenvalue weighted by Gasteiger charge is 2.42. The summed E-state index contributed by atoms with van der Waals surface area (Å²) >= 11 is 5.96. The van der Waals surface area contributed by atoms with Crippen molar-refractivity contribution in [2.24, 2.45) is 0 Å². The Morgan fingerprint density at radius 2 is 1.85 bits per heavy atom. The Bertz CT molecular complexity index is 1150. The number of nitrogens with zero attached hydrogens (tertiary/aromatic N) is 1. The largest absolute Gasteiger partial charge is 0.391 e. The molecule has 1 aromatic heterocycles. The molecule has 13 heteroatoms. The predicted octanol–water partition coefficient (Wildman–Crippen LogP) is 7.09. The Balaban J connectivity index is 2.68. The minimum absolute atomic E-state index is 0.0197. The van der Waals surface area contributed by atoms with Gasteiger partial charge < -0.3 is 15.4 Å². The smallest absolute Gasteiger partial charge is 0.363 e. The zero-order chi connectivity index (χ0) is 29.4. The van der Waals surface area contributed by atoms with Gasteiger partial charge in [-0.25, -0.2) is 13.2 Å². The van der Waals surface area contributed by atoms with Crippen molar-refractivity contribution in [3.8, 4) is 0 Å². The Labute approximate surface area is 225 Å². The van der Waals surface area contributed by atoms with Crippen LogP contribution in [0.1, 0.15) is 43.0 Å². The van der Waals surface area contributed by atoms with E-state index in [1.54, 1.807) is 19.1 Å². The van der Waals surface area contributed by atoms with Gasteiger partial charge in [0.05, 0.1) is 29.0 Å². The summed E-state index contributed by atoms with van der Waals surface area (Å²) in [7, 11) is 0. The molecule has 0 aliphatic carbocycles. The average Bonchev–Trinajstić information content (AvgIpc) is 2.82. The Morgan fingerprint density at radius 3 is 2.38 bits per heavy atom. The standard InChI is InChI=1S/C26H26ClF8N3O/c1-3-4-5-8-24(22-7-6-19(27)14-36-22,38-16(2)37-21(15-39)13-26(33,34)35)18-9-17(10-20(28)11-18)12-25(31,32)23(29)30/h3-4,6-7,9-11,14-15,21,23,37-38H,2,5,8,12-13H2,1H3/b4-3-/t21?,24-/m0/s1. The highest BCUT2D eigenvalue weighted by atomic mass is 35.5. The van der Waals surface area contributed by atoms with Crippen LogP contribution in [-0.4, -0.2) is 35.8 Å². The second kappa shape index (κ2) is 13.3. The number of carbonyl (C=O) groups is 1. The summed E-state index contributed by atoms with van der Waals surface area (Å²) < 4.78 is 107. The molecule has 4 nitrogen and oxygen atoms in total. The van der Waals surface area contributed by atoms with Gasteiger partial charge in [0.25, 0.3) is 0 Å². The van der Waals surface area contributed by atoms with Crippen LogP contribution in [-0.2, 0) is 16.8 Å². The molecule has 1 unspecified atom stereocenters. The number of allylic oxidation sites excluding steroid dienone is 2. The lowest BCUT2D eigenvalue weighted by Crippen LogP contribution is -2.49. The third kappa shape index (κ3) is 9.22. The lowest BCUT2D eigenvalue weighted by Gasteiger charge is -2.38. The van der Waals surface area contributed by atoms with E-state index in [9.17, 15) is 39.9 Å². The second-order valence-electron chi connectivity index (χ2n) is 8.77. The van der Waals surface area contributed by atoms with E-state index in [-0.39, 0.29) is 41.2 Å². The van der Waals surface area contributed by atoms with E-state index in [2.05, 4.69) is 22.2 Å². The fourth-order valence-electron chi connectivity index (χ4n) is 3.96. The van der Waals surface area contributed by atoms with Gasteiger partial charge in [-0.1, -0.05) is 36.4 Å². The number of hydrogen-bond acceptors (Lipinski definition) is 4. The summed E-state index contributed by atoms with van der Waals surface area (Å²) in [6, 6.07) is 3.84. The van der Waals surface area contributed by atoms with Crippen molar-refractivity contribution in [3.05, 3.63) is 88.7 Å². The van der Waals surface area contributed by atoms with Crippen molar-refractivity contribution in [2.75, 3.05) is 0 Å². The van der Waals surface area contributed by atoms with Gasteiger partial charge in [-0.3, -0.25) is 4.98 Å². The molecule has 0 saturated heterocycles. The molecule has 214 valence electrons. The zero-order valence-electron chi connectivity index (χ0n) is 20.6. The van der Waals surface area contributed by atoms with Crippen molar-refractivity contribution in [1.29, 1.82) is 0 Å². The van der Waals surface area contributed by atoms with Gasteiger partial charge >= 0.3 is 18.5 Å². The van der Waals surface area contributed by atoms with E-state index < -0.39 is 54.3 Å². The molecule has 0 aliphatic heterocycles. The lowest BCUT2D eigenvalue weighted by molar-refractivity contribution is -0.143. The van der Waals surface area contributed by atoms with Crippen LogP contribution in [0.15, 0.2) is 61.1 Å². The van der Waals surface area contributed by atoms with Crippen LogP contribution in [0.25, 0.3) is 0 Å². The molecule has 0 spiro atoms. The summed E-state index contributed by atoms with van der Waals surface area (Å²) in [5.74, 6) is -5.78. The minimum Gasteiger partial charge on any atom is -0.363 e. The van der Waals surface area contributed by atoms with Gasteiger partial charge in [-0.15, -0.1) is 0 Å². The van der Waals surface area contributed by atoms with Crippen LogP contribution >= 0.6 is 11.6 Å². The molecule has 0 bridgehead atoms. The quantitative estimate of drug-likeness (QED) is 0.142. The van der Waals surface area contributed by atoms with E-state index in [0.29, 0.717) is 6.07 Å². The number of halogens is 9. The van der Waals surface area contributed by atoms with Crippen molar-refractivity contribution >= 4 is 17.9 Å². The summed E-state index contributed by atoms with van der Waals surface area (Å²) in [5.41, 5.74) is -2.02. The Morgan fingerprint density at radius 1 is 1.15 bits per heavy atom. The summed E-state index contributed by atoms with van der Waals surface area (Å²) in [4.78, 5) is 15.6. The number of nitrogens with one attached hydrogen (secondary N) is 2. The van der Waals surface area contributed by atoms with Crippen LogP contribution < -0.4 is 10.6 Å². The zero-order valence-corrected chi connectivity index (χ0v) is 21.4. The molecule has 0 radical (unpaired) electrons. The maximum atomic E-state index is 14.8. The molecule has 1 heterocycles. The maximum Gasteiger partial charge on any atom is 0.391 e. The SMILES string of the molecule is C=C(NC(C=O)CC(F)(F)F)N[C@@](CC/C=C\C)(c1cc(F)cc(CC(F)(F)C(F)F)c1)c1ccc(Cl)cn1. The normalized spacial score (nSPS) is 14.7. The van der Waals surface area contributed by atoms with Crippen molar-refractivity contribution in [1.82, 2.24) is 15.6 Å². The predicted molar refractivity (Wildman–Crippen MR) is 131 cm³/mol. The van der Waals surface area contributed by atoms with E-state index in [1.165, 1.54) is 18.3 Å². The number of alkyl halides is 7. The molecule has 2 rings (SSSR count). The number of carbonyl (C=O) groups excluding carboxylic acids is 1. The highest BCUT2D eigenvalue weighted by Crippen LogP contribution is 2.37. The van der Waals surface area contributed by atoms with Crippen LogP contribution in [0.2, 0.25) is 5.02 Å². The fourth-order valence-corrected chi connectivity index (χ4v) is 4.07. The van der Waals surface area contributed by atoms with E-state index in [4.69, 9.17) is 11.6 Å². The van der Waals surface area contributed by atoms with E-state index >= 15 is 0 Å². The van der Waals surface area contributed by atoms with Crippen LogP contribution in [0, 0.1) is 5.82 Å². The van der Waals surface area contributed by atoms with Crippen LogP contribution in [0.3, 0.4) is 0 Å². The molecule has 2 atom stereocenters. The minimum atomic E-state index is -4.69. The molecular weight excluding hydrogens is 558 g/mol. The lowest BCUT2D eigenvalue weighted by atomic mass is 9.80. The van der Waals surface area contributed by atoms with Gasteiger partial charge in [-0.05, 0) is 55.2 Å². The number of aldehydes is 1. The molecule has 0 saturated carbocycles. The Kier molecular flexibility index (Phi) is 10.9. The first-order valence-electron chi connectivity index (χ1n) is 11.6. The van der Waals surface area contributed by atoms with Crippen molar-refractivity contribution < 1.29 is 39.9 Å². The molecule has 39 heavy (non-hydrogen) atoms. The van der Waals surface area contributed by atoms with Crippen LogP contribution in [0.5, 0.6) is 0 Å². The maximum absolute atomic E-state index is 14.8. The highest BCUT2D eigenvalue weighted by molar-refractivity contribution is 6.30. The van der Waals surface area contributed by atoms with Gasteiger partial charge in [0.2, 0.25) is 0 Å². The number of pyridine rings is 1. The molecule has 1 aromatic carbocycles. The molecule has 0 fully saturated rings. The van der Waals surface area contributed by atoms with Crippen molar-refractivity contribution in [3.63, 3.8) is 0 Å². The first-order valence-corrected chi connectivity index (χ1v) is 11.9. The Hall–Kier alpha value is -3.15. The third-order valence-electron chi connectivity index (χ3n) is 5.64. The third-order valence-corrected chi connectivity index (χ3v) is 5.86. The van der Waals surface area contributed by atoms with Gasteiger partial charge in [-0.2, -0.15) is 22.0 Å². The number of benzene rings is 1. The first kappa shape index (κ1) is 32.1. The molecule has 0 aliphatic rings. The topological polar surface area (TPSA) is 54.0 Å². The molecule has 0 amide bonds. The number of hydrogen-bond donors (Lipinski definition) is 2. The number of aromatic nitrogens is 1. The molecular formula is C26H26ClF8N3O. The summed E-state index contributed by atoms with van der Waals surface area (Å²) in [6.07, 6.45) is -6.72. The first-order chi connectivity index (χ1) is 18.1. The monoisotopic (exact) mass is 583 g/mol. The second-order valence-corrected chi connectivity index (χ2v) is 9.21. The average molecular weight is 584 g/mol. The summed E-state index contributed by atoms with van der Waals surface area (Å²) in [6.45, 7) is 5.37. The molecule has 2 N–H and O–H groups in total.